The normalized spacial score (nSPS) is 27.6. The van der Waals surface area contributed by atoms with Gasteiger partial charge in [-0.25, -0.2) is 0 Å². The number of nitrogens with zero attached hydrogens (tertiary/aromatic N) is 4. The average Bonchev–Trinajstić information content (AvgIpc) is 2.52. The Morgan fingerprint density at radius 1 is 1.24 bits per heavy atom. The summed E-state index contributed by atoms with van der Waals surface area (Å²) in [5.74, 6) is -0.252. The standard InChI is InChI=1S/C15H22N4O2/c1-3-19(9-8-17-18-16)12-6-4-11(5-7-12)13-14(20)10(2)15(13)21/h4-7,10,13-15,20-21H,3,8-9H2,1-2H3. The highest BCUT2D eigenvalue weighted by atomic mass is 16.3. The van der Waals surface area contributed by atoms with Crippen molar-refractivity contribution in [1.29, 1.82) is 0 Å². The van der Waals surface area contributed by atoms with Crippen molar-refractivity contribution in [2.75, 3.05) is 24.5 Å². The predicted molar refractivity (Wildman–Crippen MR) is 82.3 cm³/mol. The van der Waals surface area contributed by atoms with E-state index in [4.69, 9.17) is 5.53 Å². The van der Waals surface area contributed by atoms with Crippen molar-refractivity contribution in [1.82, 2.24) is 0 Å². The number of benzene rings is 1. The highest BCUT2D eigenvalue weighted by Crippen LogP contribution is 2.42. The Morgan fingerprint density at radius 2 is 1.86 bits per heavy atom. The van der Waals surface area contributed by atoms with Crippen LogP contribution in [0.3, 0.4) is 0 Å². The van der Waals surface area contributed by atoms with E-state index in [0.717, 1.165) is 17.8 Å². The van der Waals surface area contributed by atoms with Crippen LogP contribution in [0.2, 0.25) is 0 Å². The van der Waals surface area contributed by atoms with Gasteiger partial charge in [-0.2, -0.15) is 0 Å². The van der Waals surface area contributed by atoms with Crippen LogP contribution >= 0.6 is 0 Å². The van der Waals surface area contributed by atoms with Crippen LogP contribution in [0.1, 0.15) is 25.3 Å². The first kappa shape index (κ1) is 15.6. The fraction of sp³-hybridized carbons (Fsp3) is 0.600. The topological polar surface area (TPSA) is 92.5 Å². The van der Waals surface area contributed by atoms with Gasteiger partial charge < -0.3 is 15.1 Å². The molecule has 6 nitrogen and oxygen atoms in total. The van der Waals surface area contributed by atoms with Gasteiger partial charge in [0.05, 0.1) is 12.2 Å². The van der Waals surface area contributed by atoms with Crippen LogP contribution in [0.25, 0.3) is 10.4 Å². The van der Waals surface area contributed by atoms with Crippen molar-refractivity contribution < 1.29 is 10.2 Å². The van der Waals surface area contributed by atoms with Gasteiger partial charge >= 0.3 is 0 Å². The second-order valence-corrected chi connectivity index (χ2v) is 5.49. The zero-order valence-corrected chi connectivity index (χ0v) is 12.4. The summed E-state index contributed by atoms with van der Waals surface area (Å²) < 4.78 is 0. The number of rotatable bonds is 6. The molecule has 1 fully saturated rings. The third-order valence-corrected chi connectivity index (χ3v) is 4.37. The number of hydrogen-bond donors (Lipinski definition) is 2. The number of aliphatic hydroxyl groups is 2. The Kier molecular flexibility index (Phi) is 5.07. The molecule has 0 aliphatic heterocycles. The van der Waals surface area contributed by atoms with E-state index in [0.29, 0.717) is 13.1 Å². The van der Waals surface area contributed by atoms with Gasteiger partial charge in [0.25, 0.3) is 0 Å². The molecule has 6 heteroatoms. The van der Waals surface area contributed by atoms with E-state index >= 15 is 0 Å². The molecule has 0 spiro atoms. The molecule has 2 unspecified atom stereocenters. The second-order valence-electron chi connectivity index (χ2n) is 5.49. The number of anilines is 1. The van der Waals surface area contributed by atoms with Gasteiger partial charge in [0.1, 0.15) is 0 Å². The van der Waals surface area contributed by atoms with Gasteiger partial charge in [-0.1, -0.05) is 24.2 Å². The molecule has 0 saturated heterocycles. The molecular formula is C15H22N4O2. The molecular weight excluding hydrogens is 268 g/mol. The average molecular weight is 290 g/mol. The first-order valence-corrected chi connectivity index (χ1v) is 7.32. The van der Waals surface area contributed by atoms with E-state index in [1.54, 1.807) is 0 Å². The molecule has 1 aromatic carbocycles. The summed E-state index contributed by atoms with van der Waals surface area (Å²) in [5, 5.41) is 23.5. The van der Waals surface area contributed by atoms with Crippen molar-refractivity contribution in [3.8, 4) is 0 Å². The van der Waals surface area contributed by atoms with Crippen LogP contribution in [0.4, 0.5) is 5.69 Å². The minimum absolute atomic E-state index is 0.0642. The van der Waals surface area contributed by atoms with Gasteiger partial charge in [-0.3, -0.25) is 0 Å². The first-order valence-electron chi connectivity index (χ1n) is 7.32. The van der Waals surface area contributed by atoms with Gasteiger partial charge in [0.2, 0.25) is 0 Å². The van der Waals surface area contributed by atoms with Crippen molar-refractivity contribution in [2.24, 2.45) is 11.0 Å². The molecule has 2 atom stereocenters. The summed E-state index contributed by atoms with van der Waals surface area (Å²) in [4.78, 5) is 4.88. The molecule has 1 aliphatic rings. The van der Waals surface area contributed by atoms with E-state index in [2.05, 4.69) is 14.9 Å². The smallest absolute Gasteiger partial charge is 0.0684 e. The molecule has 1 saturated carbocycles. The van der Waals surface area contributed by atoms with Crippen molar-refractivity contribution in [2.45, 2.75) is 32.0 Å². The molecule has 0 aromatic heterocycles. The van der Waals surface area contributed by atoms with E-state index in [9.17, 15) is 10.2 Å². The quantitative estimate of drug-likeness (QED) is 0.478. The van der Waals surface area contributed by atoms with Gasteiger partial charge in [0.15, 0.2) is 0 Å². The Labute approximate surface area is 124 Å². The third-order valence-electron chi connectivity index (χ3n) is 4.37. The van der Waals surface area contributed by atoms with Gasteiger partial charge in [-0.15, -0.1) is 0 Å². The SMILES string of the molecule is CCN(CCN=[N+]=[N-])c1ccc(C2C(O)C(C)C2O)cc1. The highest BCUT2D eigenvalue weighted by Gasteiger charge is 2.46. The lowest BCUT2D eigenvalue weighted by atomic mass is 9.67. The minimum atomic E-state index is -0.474. The van der Waals surface area contributed by atoms with Crippen LogP contribution < -0.4 is 4.90 Å². The summed E-state index contributed by atoms with van der Waals surface area (Å²) in [5.41, 5.74) is 10.3. The van der Waals surface area contributed by atoms with Crippen LogP contribution in [0.15, 0.2) is 29.4 Å². The third kappa shape index (κ3) is 3.13. The fourth-order valence-electron chi connectivity index (χ4n) is 2.89. The number of aliphatic hydroxyl groups excluding tert-OH is 2. The van der Waals surface area contributed by atoms with Crippen molar-refractivity contribution in [3.63, 3.8) is 0 Å². The summed E-state index contributed by atoms with van der Waals surface area (Å²) in [6.07, 6.45) is -0.948. The maximum absolute atomic E-state index is 9.95. The van der Waals surface area contributed by atoms with E-state index in [-0.39, 0.29) is 11.8 Å². The molecule has 0 bridgehead atoms. The molecule has 0 heterocycles. The molecule has 0 amide bonds. The predicted octanol–water partition coefficient (Wildman–Crippen LogP) is 2.28. The van der Waals surface area contributed by atoms with Crippen LogP contribution in [-0.4, -0.2) is 42.1 Å². The molecule has 1 aliphatic carbocycles. The number of hydrogen-bond acceptors (Lipinski definition) is 4. The molecule has 21 heavy (non-hydrogen) atoms. The fourth-order valence-corrected chi connectivity index (χ4v) is 2.89. The molecule has 2 rings (SSSR count). The van der Waals surface area contributed by atoms with Gasteiger partial charge in [-0.05, 0) is 30.2 Å². The lowest BCUT2D eigenvalue weighted by Gasteiger charge is -2.45. The maximum Gasteiger partial charge on any atom is 0.0684 e. The largest absolute Gasteiger partial charge is 0.392 e. The molecule has 2 N–H and O–H groups in total. The lowest BCUT2D eigenvalue weighted by Crippen LogP contribution is -2.51. The van der Waals surface area contributed by atoms with E-state index in [1.807, 2.05) is 38.1 Å². The van der Waals surface area contributed by atoms with Crippen molar-refractivity contribution >= 4 is 5.69 Å². The van der Waals surface area contributed by atoms with Crippen molar-refractivity contribution in [3.05, 3.63) is 40.3 Å². The summed E-state index contributed by atoms with van der Waals surface area (Å²) in [6, 6.07) is 7.87. The Hall–Kier alpha value is -1.75. The molecule has 1 aromatic rings. The summed E-state index contributed by atoms with van der Waals surface area (Å²) in [7, 11) is 0. The monoisotopic (exact) mass is 290 g/mol. The van der Waals surface area contributed by atoms with Gasteiger partial charge in [0, 0.05) is 42.1 Å². The minimum Gasteiger partial charge on any atom is -0.392 e. The Balaban J connectivity index is 2.05. The maximum atomic E-state index is 9.95. The Morgan fingerprint density at radius 3 is 2.38 bits per heavy atom. The number of azide groups is 1. The van der Waals surface area contributed by atoms with E-state index < -0.39 is 12.2 Å². The summed E-state index contributed by atoms with van der Waals surface area (Å²) >= 11 is 0. The summed E-state index contributed by atoms with van der Waals surface area (Å²) in [6.45, 7) is 5.83. The van der Waals surface area contributed by atoms with Crippen LogP contribution in [-0.2, 0) is 0 Å². The lowest BCUT2D eigenvalue weighted by molar-refractivity contribution is -0.107. The van der Waals surface area contributed by atoms with Crippen LogP contribution in [0, 0.1) is 5.92 Å². The number of likely N-dealkylation sites (N-methyl/N-ethyl adjacent to an activating group) is 1. The second kappa shape index (κ2) is 6.80. The molecule has 0 radical (unpaired) electrons. The zero-order valence-electron chi connectivity index (χ0n) is 12.4. The van der Waals surface area contributed by atoms with Crippen LogP contribution in [0.5, 0.6) is 0 Å². The highest BCUT2D eigenvalue weighted by molar-refractivity contribution is 5.48. The Bertz CT molecular complexity index is 503. The molecule has 114 valence electrons. The van der Waals surface area contributed by atoms with E-state index in [1.165, 1.54) is 0 Å². The first-order chi connectivity index (χ1) is 10.1. The zero-order chi connectivity index (χ0) is 15.4.